The van der Waals surface area contributed by atoms with E-state index >= 15 is 0 Å². The van der Waals surface area contributed by atoms with Crippen LogP contribution in [0.15, 0.2) is 24.3 Å². The van der Waals surface area contributed by atoms with Gasteiger partial charge in [0.1, 0.15) is 0 Å². The van der Waals surface area contributed by atoms with E-state index < -0.39 is 0 Å². The van der Waals surface area contributed by atoms with Gasteiger partial charge < -0.3 is 20.4 Å². The van der Waals surface area contributed by atoms with E-state index in [4.69, 9.17) is 0 Å². The SMILES string of the molecule is CNCCN1C(=O)CC[C@H]2CN(C(=O)NCc3ccccc3C)CC[C@H]21.Cl. The number of likely N-dealkylation sites (N-methyl/N-ethyl adjacent to an activating group) is 1. The van der Waals surface area contributed by atoms with Crippen molar-refractivity contribution in [1.82, 2.24) is 20.4 Å². The van der Waals surface area contributed by atoms with Crippen LogP contribution in [0.25, 0.3) is 0 Å². The summed E-state index contributed by atoms with van der Waals surface area (Å²) >= 11 is 0. The number of hydrogen-bond acceptors (Lipinski definition) is 3. The van der Waals surface area contributed by atoms with Crippen molar-refractivity contribution in [3.05, 3.63) is 35.4 Å². The molecule has 1 aromatic rings. The fourth-order valence-corrected chi connectivity index (χ4v) is 4.15. The Hall–Kier alpha value is -1.79. The summed E-state index contributed by atoms with van der Waals surface area (Å²) in [6, 6.07) is 8.41. The number of halogens is 1. The van der Waals surface area contributed by atoms with Crippen molar-refractivity contribution in [1.29, 1.82) is 0 Å². The van der Waals surface area contributed by atoms with Gasteiger partial charge in [0, 0.05) is 45.2 Å². The minimum atomic E-state index is 0. The van der Waals surface area contributed by atoms with Crippen molar-refractivity contribution in [2.75, 3.05) is 33.2 Å². The molecule has 2 aliphatic rings. The van der Waals surface area contributed by atoms with Crippen molar-refractivity contribution >= 4 is 24.3 Å². The highest BCUT2D eigenvalue weighted by molar-refractivity contribution is 5.85. The molecular weight excluding hydrogens is 364 g/mol. The third kappa shape index (κ3) is 5.14. The summed E-state index contributed by atoms with van der Waals surface area (Å²) in [5.74, 6) is 0.654. The first-order valence-corrected chi connectivity index (χ1v) is 9.61. The number of carbonyl (C=O) groups excluding carboxylic acids is 2. The largest absolute Gasteiger partial charge is 0.338 e. The quantitative estimate of drug-likeness (QED) is 0.804. The molecule has 2 saturated heterocycles. The zero-order valence-electron chi connectivity index (χ0n) is 16.2. The predicted octanol–water partition coefficient (Wildman–Crippen LogP) is 2.16. The molecule has 0 radical (unpaired) electrons. The Morgan fingerprint density at radius 2 is 2.04 bits per heavy atom. The van der Waals surface area contributed by atoms with Gasteiger partial charge in [-0.05, 0) is 43.9 Å². The van der Waals surface area contributed by atoms with E-state index in [9.17, 15) is 9.59 Å². The number of urea groups is 1. The molecule has 0 spiro atoms. The number of fused-ring (bicyclic) bond motifs is 1. The van der Waals surface area contributed by atoms with Gasteiger partial charge in [-0.25, -0.2) is 4.79 Å². The topological polar surface area (TPSA) is 64.7 Å². The van der Waals surface area contributed by atoms with Gasteiger partial charge in [0.2, 0.25) is 5.91 Å². The molecule has 2 fully saturated rings. The van der Waals surface area contributed by atoms with Gasteiger partial charge in [0.05, 0.1) is 0 Å². The van der Waals surface area contributed by atoms with Gasteiger partial charge in [-0.3, -0.25) is 4.79 Å². The van der Waals surface area contributed by atoms with Crippen LogP contribution in [0.3, 0.4) is 0 Å². The Labute approximate surface area is 168 Å². The number of nitrogens with one attached hydrogen (secondary N) is 2. The third-order valence-electron chi connectivity index (χ3n) is 5.72. The van der Waals surface area contributed by atoms with Crippen molar-refractivity contribution in [3.8, 4) is 0 Å². The molecule has 0 bridgehead atoms. The first-order valence-electron chi connectivity index (χ1n) is 9.61. The lowest BCUT2D eigenvalue weighted by atomic mass is 9.83. The molecule has 2 heterocycles. The van der Waals surface area contributed by atoms with Crippen LogP contribution in [0.1, 0.15) is 30.4 Å². The van der Waals surface area contributed by atoms with Crippen molar-refractivity contribution in [2.24, 2.45) is 5.92 Å². The lowest BCUT2D eigenvalue weighted by Crippen LogP contribution is -2.58. The number of hydrogen-bond donors (Lipinski definition) is 2. The number of likely N-dealkylation sites (tertiary alicyclic amines) is 2. The summed E-state index contributed by atoms with van der Waals surface area (Å²) in [5.41, 5.74) is 2.34. The number of nitrogens with zero attached hydrogens (tertiary/aromatic N) is 2. The van der Waals surface area contributed by atoms with Gasteiger partial charge in [-0.2, -0.15) is 0 Å². The highest BCUT2D eigenvalue weighted by Gasteiger charge is 2.39. The standard InChI is InChI=1S/C20H30N4O2.ClH/c1-15-5-3-4-6-16(15)13-22-20(26)23-11-9-18-17(14-23)7-8-19(25)24(18)12-10-21-2;/h3-6,17-18,21H,7-14H2,1-2H3,(H,22,26);1H/t17-,18+;/m0./s1. The number of aryl methyl sites for hydroxylation is 1. The monoisotopic (exact) mass is 394 g/mol. The van der Waals surface area contributed by atoms with Gasteiger partial charge in [0.15, 0.2) is 0 Å². The average Bonchev–Trinajstić information content (AvgIpc) is 2.66. The smallest absolute Gasteiger partial charge is 0.317 e. The Balaban J connectivity index is 0.00000261. The van der Waals surface area contributed by atoms with Gasteiger partial charge in [-0.1, -0.05) is 24.3 Å². The maximum Gasteiger partial charge on any atom is 0.317 e. The highest BCUT2D eigenvalue weighted by Crippen LogP contribution is 2.31. The van der Waals surface area contributed by atoms with Crippen LogP contribution >= 0.6 is 12.4 Å². The van der Waals surface area contributed by atoms with E-state index in [0.29, 0.717) is 25.4 Å². The van der Waals surface area contributed by atoms with E-state index in [0.717, 1.165) is 38.0 Å². The molecule has 0 saturated carbocycles. The van der Waals surface area contributed by atoms with Crippen LogP contribution < -0.4 is 10.6 Å². The zero-order chi connectivity index (χ0) is 18.5. The lowest BCUT2D eigenvalue weighted by molar-refractivity contribution is -0.140. The zero-order valence-corrected chi connectivity index (χ0v) is 17.1. The highest BCUT2D eigenvalue weighted by atomic mass is 35.5. The number of carbonyl (C=O) groups is 2. The molecule has 0 aliphatic carbocycles. The van der Waals surface area contributed by atoms with Crippen LogP contribution in [-0.4, -0.2) is 61.0 Å². The van der Waals surface area contributed by atoms with Crippen LogP contribution in [-0.2, 0) is 11.3 Å². The number of piperidine rings is 2. The van der Waals surface area contributed by atoms with E-state index in [1.54, 1.807) is 0 Å². The van der Waals surface area contributed by atoms with Crippen LogP contribution in [0, 0.1) is 12.8 Å². The molecular formula is C20H31ClN4O2. The molecule has 27 heavy (non-hydrogen) atoms. The van der Waals surface area contributed by atoms with Crippen LogP contribution in [0.4, 0.5) is 4.79 Å². The molecule has 0 unspecified atom stereocenters. The molecule has 2 N–H and O–H groups in total. The maximum atomic E-state index is 12.6. The molecule has 0 aromatic heterocycles. The fraction of sp³-hybridized carbons (Fsp3) is 0.600. The summed E-state index contributed by atoms with van der Waals surface area (Å²) < 4.78 is 0. The summed E-state index contributed by atoms with van der Waals surface area (Å²) in [6.45, 7) is 5.65. The average molecular weight is 395 g/mol. The van der Waals surface area contributed by atoms with Gasteiger partial charge in [-0.15, -0.1) is 12.4 Å². The summed E-state index contributed by atoms with van der Waals surface area (Å²) in [6.07, 6.45) is 2.36. The molecule has 150 valence electrons. The van der Waals surface area contributed by atoms with Crippen LogP contribution in [0.2, 0.25) is 0 Å². The second-order valence-electron chi connectivity index (χ2n) is 7.38. The first-order chi connectivity index (χ1) is 12.6. The van der Waals surface area contributed by atoms with Crippen molar-refractivity contribution in [3.63, 3.8) is 0 Å². The second kappa shape index (κ2) is 9.95. The molecule has 2 atom stereocenters. The van der Waals surface area contributed by atoms with E-state index in [1.807, 2.05) is 35.0 Å². The Morgan fingerprint density at radius 1 is 1.26 bits per heavy atom. The third-order valence-corrected chi connectivity index (χ3v) is 5.72. The molecule has 6 nitrogen and oxygen atoms in total. The number of rotatable bonds is 5. The van der Waals surface area contributed by atoms with Crippen molar-refractivity contribution in [2.45, 2.75) is 38.8 Å². The second-order valence-corrected chi connectivity index (χ2v) is 7.38. The summed E-state index contributed by atoms with van der Waals surface area (Å²) in [7, 11) is 1.91. The van der Waals surface area contributed by atoms with Crippen LogP contribution in [0.5, 0.6) is 0 Å². The Kier molecular flexibility index (Phi) is 7.92. The molecule has 2 aliphatic heterocycles. The minimum absolute atomic E-state index is 0. The van der Waals surface area contributed by atoms with Gasteiger partial charge in [0.25, 0.3) is 0 Å². The van der Waals surface area contributed by atoms with Crippen molar-refractivity contribution < 1.29 is 9.59 Å². The summed E-state index contributed by atoms with van der Waals surface area (Å²) in [4.78, 5) is 28.8. The predicted molar refractivity (Wildman–Crippen MR) is 109 cm³/mol. The molecule has 7 heteroatoms. The van der Waals surface area contributed by atoms with Gasteiger partial charge >= 0.3 is 6.03 Å². The molecule has 3 rings (SSSR count). The Bertz CT molecular complexity index is 655. The number of benzene rings is 1. The van der Waals surface area contributed by atoms with E-state index in [1.165, 1.54) is 5.56 Å². The number of amides is 3. The normalized spacial score (nSPS) is 22.1. The summed E-state index contributed by atoms with van der Waals surface area (Å²) in [5, 5.41) is 6.18. The Morgan fingerprint density at radius 3 is 2.78 bits per heavy atom. The maximum absolute atomic E-state index is 12.6. The van der Waals surface area contributed by atoms with E-state index in [2.05, 4.69) is 23.6 Å². The minimum Gasteiger partial charge on any atom is -0.338 e. The lowest BCUT2D eigenvalue weighted by Gasteiger charge is -2.47. The molecule has 3 amide bonds. The molecule has 1 aromatic carbocycles. The fourth-order valence-electron chi connectivity index (χ4n) is 4.15. The van der Waals surface area contributed by atoms with E-state index in [-0.39, 0.29) is 30.4 Å². The first kappa shape index (κ1) is 21.5.